The molecule has 1 heterocycles. The first-order valence-corrected chi connectivity index (χ1v) is 7.44. The molecule has 0 amide bonds. The van der Waals surface area contributed by atoms with Crippen molar-refractivity contribution in [3.8, 4) is 0 Å². The number of fused-ring (bicyclic) bond motifs is 1. The van der Waals surface area contributed by atoms with Gasteiger partial charge in [0.25, 0.3) is 0 Å². The lowest BCUT2D eigenvalue weighted by molar-refractivity contribution is 0.459. The number of rotatable bonds is 4. The summed E-state index contributed by atoms with van der Waals surface area (Å²) in [5.74, 6) is 0.491. The molecule has 0 saturated heterocycles. The molecule has 0 bridgehead atoms. The number of halogens is 2. The number of nitrogens with two attached hydrogens (primary N) is 1. The minimum absolute atomic E-state index is 0.271. The van der Waals surface area contributed by atoms with Crippen LogP contribution in [-0.2, 0) is 6.42 Å². The van der Waals surface area contributed by atoms with Gasteiger partial charge in [-0.1, -0.05) is 53.5 Å². The monoisotopic (exact) mass is 320 g/mol. The second-order valence-corrected chi connectivity index (χ2v) is 5.76. The Labute approximate surface area is 132 Å². The number of oxazole rings is 1. The van der Waals surface area contributed by atoms with Gasteiger partial charge in [-0.05, 0) is 30.5 Å². The molecule has 2 aromatic carbocycles. The van der Waals surface area contributed by atoms with Crippen molar-refractivity contribution in [2.45, 2.75) is 18.9 Å². The summed E-state index contributed by atoms with van der Waals surface area (Å²) < 4.78 is 5.68. The highest BCUT2D eigenvalue weighted by molar-refractivity contribution is 6.37. The third kappa shape index (κ3) is 3.21. The Morgan fingerprint density at radius 2 is 1.90 bits per heavy atom. The number of hydrogen-bond donors (Lipinski definition) is 1. The van der Waals surface area contributed by atoms with Crippen LogP contribution < -0.4 is 5.73 Å². The Morgan fingerprint density at radius 3 is 2.67 bits per heavy atom. The summed E-state index contributed by atoms with van der Waals surface area (Å²) in [6.07, 6.45) is 1.62. The van der Waals surface area contributed by atoms with E-state index in [1.165, 1.54) is 5.56 Å². The molecule has 21 heavy (non-hydrogen) atoms. The van der Waals surface area contributed by atoms with Gasteiger partial charge in [-0.25, -0.2) is 4.98 Å². The van der Waals surface area contributed by atoms with E-state index in [0.717, 1.165) is 12.8 Å². The highest BCUT2D eigenvalue weighted by Crippen LogP contribution is 2.30. The van der Waals surface area contributed by atoms with Gasteiger partial charge in [0.15, 0.2) is 5.58 Å². The molecule has 0 aliphatic heterocycles. The average Bonchev–Trinajstić information content (AvgIpc) is 2.90. The van der Waals surface area contributed by atoms with E-state index in [9.17, 15) is 0 Å². The molecular formula is C16H14Cl2N2O. The average molecular weight is 321 g/mol. The van der Waals surface area contributed by atoms with Gasteiger partial charge in [-0.15, -0.1) is 0 Å². The van der Waals surface area contributed by atoms with E-state index in [1.54, 1.807) is 12.1 Å². The minimum atomic E-state index is -0.271. The summed E-state index contributed by atoms with van der Waals surface area (Å²) in [6.45, 7) is 0. The quantitative estimate of drug-likeness (QED) is 0.753. The predicted molar refractivity (Wildman–Crippen MR) is 85.7 cm³/mol. The van der Waals surface area contributed by atoms with Crippen molar-refractivity contribution in [3.63, 3.8) is 0 Å². The summed E-state index contributed by atoms with van der Waals surface area (Å²) in [4.78, 5) is 4.39. The minimum Gasteiger partial charge on any atom is -0.437 e. The molecule has 108 valence electrons. The van der Waals surface area contributed by atoms with Crippen molar-refractivity contribution in [1.29, 1.82) is 0 Å². The molecular weight excluding hydrogens is 307 g/mol. The summed E-state index contributed by atoms with van der Waals surface area (Å²) >= 11 is 12.1. The highest BCUT2D eigenvalue weighted by Gasteiger charge is 2.16. The Bertz CT molecular complexity index is 756. The summed E-state index contributed by atoms with van der Waals surface area (Å²) in [5.41, 5.74) is 8.57. The lowest BCUT2D eigenvalue weighted by Gasteiger charge is -2.07. The Morgan fingerprint density at radius 1 is 1.14 bits per heavy atom. The second-order valence-electron chi connectivity index (χ2n) is 4.92. The van der Waals surface area contributed by atoms with Crippen molar-refractivity contribution < 1.29 is 4.42 Å². The molecule has 0 saturated carbocycles. The van der Waals surface area contributed by atoms with Crippen LogP contribution in [0.4, 0.5) is 0 Å². The maximum absolute atomic E-state index is 6.16. The fourth-order valence-corrected chi connectivity index (χ4v) is 2.75. The molecule has 0 radical (unpaired) electrons. The standard InChI is InChI=1S/C16H14Cl2N2O/c17-11-8-12(18)15-14(9-11)20-16(21-15)13(19)7-6-10-4-2-1-3-5-10/h1-5,8-9,13H,6-7,19H2. The van der Waals surface area contributed by atoms with Crippen LogP contribution in [-0.4, -0.2) is 4.98 Å². The van der Waals surface area contributed by atoms with Crippen LogP contribution in [0.25, 0.3) is 11.1 Å². The van der Waals surface area contributed by atoms with E-state index in [2.05, 4.69) is 17.1 Å². The van der Waals surface area contributed by atoms with E-state index in [1.807, 2.05) is 18.2 Å². The van der Waals surface area contributed by atoms with Crippen LogP contribution >= 0.6 is 23.2 Å². The molecule has 0 aliphatic carbocycles. The molecule has 5 heteroatoms. The molecule has 3 nitrogen and oxygen atoms in total. The van der Waals surface area contributed by atoms with Crippen molar-refractivity contribution in [2.24, 2.45) is 5.73 Å². The third-order valence-electron chi connectivity index (χ3n) is 3.33. The number of aryl methyl sites for hydroxylation is 1. The first-order valence-electron chi connectivity index (χ1n) is 6.68. The predicted octanol–water partition coefficient (Wildman–Crippen LogP) is 4.77. The van der Waals surface area contributed by atoms with Gasteiger partial charge in [0, 0.05) is 5.02 Å². The molecule has 3 rings (SSSR count). The zero-order chi connectivity index (χ0) is 14.8. The Balaban J connectivity index is 1.78. The lowest BCUT2D eigenvalue weighted by atomic mass is 10.1. The first kappa shape index (κ1) is 14.4. The lowest BCUT2D eigenvalue weighted by Crippen LogP contribution is -2.11. The zero-order valence-electron chi connectivity index (χ0n) is 11.2. The fraction of sp³-hybridized carbons (Fsp3) is 0.188. The maximum atomic E-state index is 6.16. The number of hydrogen-bond acceptors (Lipinski definition) is 3. The van der Waals surface area contributed by atoms with Crippen LogP contribution in [0.15, 0.2) is 46.9 Å². The van der Waals surface area contributed by atoms with E-state index in [0.29, 0.717) is 27.0 Å². The van der Waals surface area contributed by atoms with Crippen LogP contribution in [0.3, 0.4) is 0 Å². The molecule has 0 aliphatic rings. The number of nitrogens with zero attached hydrogens (tertiary/aromatic N) is 1. The zero-order valence-corrected chi connectivity index (χ0v) is 12.7. The molecule has 3 aromatic rings. The van der Waals surface area contributed by atoms with Crippen molar-refractivity contribution >= 4 is 34.3 Å². The summed E-state index contributed by atoms with van der Waals surface area (Å²) in [5, 5.41) is 0.983. The van der Waals surface area contributed by atoms with E-state index in [-0.39, 0.29) is 6.04 Å². The molecule has 1 unspecified atom stereocenters. The Kier molecular flexibility index (Phi) is 4.15. The van der Waals surface area contributed by atoms with Gasteiger partial charge >= 0.3 is 0 Å². The number of benzene rings is 2. The van der Waals surface area contributed by atoms with Crippen LogP contribution in [0, 0.1) is 0 Å². The van der Waals surface area contributed by atoms with Gasteiger partial charge in [0.1, 0.15) is 5.52 Å². The van der Waals surface area contributed by atoms with E-state index >= 15 is 0 Å². The van der Waals surface area contributed by atoms with Crippen LogP contribution in [0.2, 0.25) is 10.0 Å². The SMILES string of the molecule is NC(CCc1ccccc1)c1nc2cc(Cl)cc(Cl)c2o1. The topological polar surface area (TPSA) is 52.0 Å². The van der Waals surface area contributed by atoms with Crippen LogP contribution in [0.1, 0.15) is 23.9 Å². The Hall–Kier alpha value is -1.55. The third-order valence-corrected chi connectivity index (χ3v) is 3.83. The second kappa shape index (κ2) is 6.06. The van der Waals surface area contributed by atoms with E-state index < -0.39 is 0 Å². The van der Waals surface area contributed by atoms with Gasteiger partial charge in [-0.3, -0.25) is 0 Å². The summed E-state index contributed by atoms with van der Waals surface area (Å²) in [7, 11) is 0. The van der Waals surface area contributed by atoms with Gasteiger partial charge in [0.2, 0.25) is 5.89 Å². The van der Waals surface area contributed by atoms with Gasteiger partial charge in [0.05, 0.1) is 11.1 Å². The first-order chi connectivity index (χ1) is 10.1. The van der Waals surface area contributed by atoms with E-state index in [4.69, 9.17) is 33.4 Å². The molecule has 2 N–H and O–H groups in total. The van der Waals surface area contributed by atoms with Crippen molar-refractivity contribution in [3.05, 3.63) is 64.0 Å². The molecule has 1 atom stereocenters. The molecule has 0 spiro atoms. The van der Waals surface area contributed by atoms with Crippen molar-refractivity contribution in [2.75, 3.05) is 0 Å². The fourth-order valence-electron chi connectivity index (χ4n) is 2.23. The largest absolute Gasteiger partial charge is 0.437 e. The van der Waals surface area contributed by atoms with Crippen LogP contribution in [0.5, 0.6) is 0 Å². The molecule has 0 fully saturated rings. The maximum Gasteiger partial charge on any atom is 0.212 e. The van der Waals surface area contributed by atoms with Crippen molar-refractivity contribution in [1.82, 2.24) is 4.98 Å². The van der Waals surface area contributed by atoms with Gasteiger partial charge < -0.3 is 10.2 Å². The van der Waals surface area contributed by atoms with Gasteiger partial charge in [-0.2, -0.15) is 0 Å². The number of aromatic nitrogens is 1. The normalized spacial score (nSPS) is 12.7. The molecule has 1 aromatic heterocycles. The summed E-state index contributed by atoms with van der Waals surface area (Å²) in [6, 6.07) is 13.3. The smallest absolute Gasteiger partial charge is 0.212 e. The highest BCUT2D eigenvalue weighted by atomic mass is 35.5.